The van der Waals surface area contributed by atoms with Crippen LogP contribution in [-0.2, 0) is 0 Å². The van der Waals surface area contributed by atoms with E-state index in [4.69, 9.17) is 4.74 Å². The second kappa shape index (κ2) is 6.06. The second-order valence-electron chi connectivity index (χ2n) is 4.15. The van der Waals surface area contributed by atoms with Gasteiger partial charge < -0.3 is 4.74 Å². The molecule has 1 aromatic carbocycles. The number of ether oxygens (including phenoxy) is 1. The van der Waals surface area contributed by atoms with Gasteiger partial charge in [-0.25, -0.2) is 0 Å². The summed E-state index contributed by atoms with van der Waals surface area (Å²) in [7, 11) is 0. The van der Waals surface area contributed by atoms with Crippen LogP contribution in [-0.4, -0.2) is 11.9 Å². The Balaban J connectivity index is 2.63. The summed E-state index contributed by atoms with van der Waals surface area (Å²) in [4.78, 5) is 0. The van der Waals surface area contributed by atoms with E-state index in [9.17, 15) is 0 Å². The maximum absolute atomic E-state index is 5.59. The molecule has 0 bridgehead atoms. The summed E-state index contributed by atoms with van der Waals surface area (Å²) in [6.07, 6.45) is 1.36. The molecular formula is C13H20OS. The number of hydrogen-bond acceptors (Lipinski definition) is 2. The first-order chi connectivity index (χ1) is 7.13. The first-order valence-corrected chi connectivity index (χ1v) is 6.14. The molecule has 0 fully saturated rings. The predicted molar refractivity (Wildman–Crippen MR) is 69.1 cm³/mol. The van der Waals surface area contributed by atoms with Crippen molar-refractivity contribution in [1.29, 1.82) is 0 Å². The molecular weight excluding hydrogens is 204 g/mol. The molecule has 0 aromatic heterocycles. The van der Waals surface area contributed by atoms with E-state index in [2.05, 4.69) is 31.7 Å². The summed E-state index contributed by atoms with van der Waals surface area (Å²) in [6, 6.07) is 8.38. The lowest BCUT2D eigenvalue weighted by Crippen LogP contribution is -2.05. The lowest BCUT2D eigenvalue weighted by Gasteiger charge is -2.13. The Kier molecular flexibility index (Phi) is 5.03. The lowest BCUT2D eigenvalue weighted by molar-refractivity contribution is 0.242. The number of thiol groups is 1. The Bertz CT molecular complexity index is 279. The van der Waals surface area contributed by atoms with Gasteiger partial charge in [-0.05, 0) is 49.6 Å². The quantitative estimate of drug-likeness (QED) is 0.746. The highest BCUT2D eigenvalue weighted by atomic mass is 32.1. The van der Waals surface area contributed by atoms with Crippen LogP contribution < -0.4 is 4.74 Å². The van der Waals surface area contributed by atoms with Gasteiger partial charge in [0.25, 0.3) is 0 Å². The first-order valence-electron chi connectivity index (χ1n) is 5.51. The highest BCUT2D eigenvalue weighted by molar-refractivity contribution is 7.80. The van der Waals surface area contributed by atoms with E-state index >= 15 is 0 Å². The first kappa shape index (κ1) is 12.4. The van der Waals surface area contributed by atoms with Crippen LogP contribution in [0.2, 0.25) is 0 Å². The molecule has 0 heterocycles. The minimum absolute atomic E-state index is 0.241. The maximum atomic E-state index is 5.59. The van der Waals surface area contributed by atoms with Crippen molar-refractivity contribution in [2.24, 2.45) is 0 Å². The SMILES string of the molecule is CC(C)Oc1ccc(C(C)CCS)cc1. The van der Waals surface area contributed by atoms with Crippen molar-refractivity contribution < 1.29 is 4.74 Å². The largest absolute Gasteiger partial charge is 0.491 e. The second-order valence-corrected chi connectivity index (χ2v) is 4.60. The zero-order valence-corrected chi connectivity index (χ0v) is 10.6. The highest BCUT2D eigenvalue weighted by Crippen LogP contribution is 2.22. The van der Waals surface area contributed by atoms with Crippen LogP contribution >= 0.6 is 12.6 Å². The Morgan fingerprint density at radius 2 is 1.73 bits per heavy atom. The molecule has 84 valence electrons. The molecule has 2 heteroatoms. The molecule has 1 rings (SSSR count). The van der Waals surface area contributed by atoms with Crippen LogP contribution in [0.15, 0.2) is 24.3 Å². The molecule has 0 saturated carbocycles. The minimum atomic E-state index is 0.241. The normalized spacial score (nSPS) is 12.9. The van der Waals surface area contributed by atoms with E-state index in [0.717, 1.165) is 17.9 Å². The van der Waals surface area contributed by atoms with Crippen LogP contribution in [0.5, 0.6) is 5.75 Å². The Morgan fingerprint density at radius 3 is 2.20 bits per heavy atom. The van der Waals surface area contributed by atoms with E-state index < -0.39 is 0 Å². The average Bonchev–Trinajstić information content (AvgIpc) is 2.18. The Labute approximate surface area is 98.3 Å². The van der Waals surface area contributed by atoms with Gasteiger partial charge in [0.1, 0.15) is 5.75 Å². The molecule has 0 aliphatic carbocycles. The molecule has 0 radical (unpaired) electrons. The van der Waals surface area contributed by atoms with Crippen molar-refractivity contribution in [2.75, 3.05) is 5.75 Å². The average molecular weight is 224 g/mol. The fourth-order valence-corrected chi connectivity index (χ4v) is 1.89. The van der Waals surface area contributed by atoms with Crippen LogP contribution in [0.3, 0.4) is 0 Å². The third-order valence-corrected chi connectivity index (χ3v) is 2.64. The minimum Gasteiger partial charge on any atom is -0.491 e. The van der Waals surface area contributed by atoms with Gasteiger partial charge in [-0.3, -0.25) is 0 Å². The summed E-state index contributed by atoms with van der Waals surface area (Å²) in [6.45, 7) is 6.31. The molecule has 15 heavy (non-hydrogen) atoms. The third kappa shape index (κ3) is 4.17. The van der Waals surface area contributed by atoms with Crippen LogP contribution in [0.25, 0.3) is 0 Å². The molecule has 1 unspecified atom stereocenters. The highest BCUT2D eigenvalue weighted by Gasteiger charge is 2.04. The van der Waals surface area contributed by atoms with Crippen molar-refractivity contribution in [2.45, 2.75) is 39.2 Å². The van der Waals surface area contributed by atoms with Gasteiger partial charge in [-0.1, -0.05) is 19.1 Å². The van der Waals surface area contributed by atoms with E-state index in [1.54, 1.807) is 0 Å². The van der Waals surface area contributed by atoms with E-state index in [1.165, 1.54) is 5.56 Å². The summed E-state index contributed by atoms with van der Waals surface area (Å²) in [5.74, 6) is 2.47. The van der Waals surface area contributed by atoms with Gasteiger partial charge in [0.05, 0.1) is 6.10 Å². The van der Waals surface area contributed by atoms with Gasteiger partial charge in [0.15, 0.2) is 0 Å². The molecule has 0 saturated heterocycles. The van der Waals surface area contributed by atoms with Gasteiger partial charge in [0.2, 0.25) is 0 Å². The van der Waals surface area contributed by atoms with Gasteiger partial charge in [0, 0.05) is 0 Å². The smallest absolute Gasteiger partial charge is 0.119 e. The predicted octanol–water partition coefficient (Wildman–Crippen LogP) is 3.90. The molecule has 0 amide bonds. The summed E-state index contributed by atoms with van der Waals surface area (Å²) >= 11 is 4.25. The molecule has 1 atom stereocenters. The summed E-state index contributed by atoms with van der Waals surface area (Å²) in [5, 5.41) is 0. The molecule has 0 spiro atoms. The Hall–Kier alpha value is -0.630. The zero-order chi connectivity index (χ0) is 11.3. The Morgan fingerprint density at radius 1 is 1.13 bits per heavy atom. The van der Waals surface area contributed by atoms with Crippen LogP contribution in [0, 0.1) is 0 Å². The van der Waals surface area contributed by atoms with Gasteiger partial charge in [-0.15, -0.1) is 0 Å². The third-order valence-electron chi connectivity index (χ3n) is 2.38. The molecule has 1 aromatic rings. The fourth-order valence-electron chi connectivity index (χ4n) is 1.51. The van der Waals surface area contributed by atoms with Gasteiger partial charge >= 0.3 is 0 Å². The molecule has 0 aliphatic rings. The lowest BCUT2D eigenvalue weighted by atomic mass is 9.99. The summed E-state index contributed by atoms with van der Waals surface area (Å²) in [5.41, 5.74) is 1.36. The standard InChI is InChI=1S/C13H20OS/c1-10(2)14-13-6-4-12(5-7-13)11(3)8-9-15/h4-7,10-11,15H,8-9H2,1-3H3. The molecule has 1 nitrogen and oxygen atoms in total. The van der Waals surface area contributed by atoms with Crippen molar-refractivity contribution in [3.63, 3.8) is 0 Å². The van der Waals surface area contributed by atoms with Gasteiger partial charge in [-0.2, -0.15) is 12.6 Å². The van der Waals surface area contributed by atoms with Crippen molar-refractivity contribution in [3.05, 3.63) is 29.8 Å². The number of benzene rings is 1. The van der Waals surface area contributed by atoms with Crippen LogP contribution in [0.4, 0.5) is 0 Å². The fraction of sp³-hybridized carbons (Fsp3) is 0.538. The summed E-state index contributed by atoms with van der Waals surface area (Å²) < 4.78 is 5.59. The molecule has 0 N–H and O–H groups in total. The van der Waals surface area contributed by atoms with E-state index in [-0.39, 0.29) is 6.10 Å². The van der Waals surface area contributed by atoms with Crippen molar-refractivity contribution in [3.8, 4) is 5.75 Å². The van der Waals surface area contributed by atoms with E-state index in [1.807, 2.05) is 26.0 Å². The maximum Gasteiger partial charge on any atom is 0.119 e. The topological polar surface area (TPSA) is 9.23 Å². The van der Waals surface area contributed by atoms with Crippen molar-refractivity contribution >= 4 is 12.6 Å². The van der Waals surface area contributed by atoms with E-state index in [0.29, 0.717) is 5.92 Å². The van der Waals surface area contributed by atoms with Crippen LogP contribution in [0.1, 0.15) is 38.7 Å². The monoisotopic (exact) mass is 224 g/mol. The number of rotatable bonds is 5. The molecule has 0 aliphatic heterocycles. The zero-order valence-electron chi connectivity index (χ0n) is 9.73. The van der Waals surface area contributed by atoms with Crippen molar-refractivity contribution in [1.82, 2.24) is 0 Å². The number of hydrogen-bond donors (Lipinski definition) is 1.